The summed E-state index contributed by atoms with van der Waals surface area (Å²) in [6.45, 7) is 3.08. The number of carbonyl (C=O) groups excluding carboxylic acids is 1. The fraction of sp³-hybridized carbons (Fsp3) is 0.350. The van der Waals surface area contributed by atoms with Crippen molar-refractivity contribution in [3.05, 3.63) is 60.2 Å². The number of likely N-dealkylation sites (tertiary alicyclic amines) is 1. The molecule has 1 heterocycles. The summed E-state index contributed by atoms with van der Waals surface area (Å²) in [5, 5.41) is 0. The van der Waals surface area contributed by atoms with Crippen LogP contribution in [0, 0.1) is 0 Å². The second-order valence-electron chi connectivity index (χ2n) is 6.17. The van der Waals surface area contributed by atoms with E-state index in [1.54, 1.807) is 0 Å². The van der Waals surface area contributed by atoms with Crippen LogP contribution in [-0.2, 0) is 11.2 Å². The zero-order chi connectivity index (χ0) is 15.4. The van der Waals surface area contributed by atoms with Gasteiger partial charge >= 0.3 is 0 Å². The van der Waals surface area contributed by atoms with Gasteiger partial charge in [0.25, 0.3) is 0 Å². The van der Waals surface area contributed by atoms with Gasteiger partial charge in [0.15, 0.2) is 0 Å². The molecule has 0 radical (unpaired) electrons. The molecule has 2 heteroatoms. The summed E-state index contributed by atoms with van der Waals surface area (Å²) < 4.78 is 0. The Labute approximate surface area is 132 Å². The number of benzene rings is 2. The van der Waals surface area contributed by atoms with E-state index in [1.165, 1.54) is 17.5 Å². The van der Waals surface area contributed by atoms with Crippen LogP contribution in [0.4, 0.5) is 0 Å². The number of piperidine rings is 1. The first-order valence-corrected chi connectivity index (χ1v) is 8.18. The summed E-state index contributed by atoms with van der Waals surface area (Å²) in [5.74, 6) is 0.264. The molecule has 3 rings (SSSR count). The molecule has 0 unspecified atom stereocenters. The number of rotatable bonds is 3. The summed E-state index contributed by atoms with van der Waals surface area (Å²) in [6.07, 6.45) is 4.04. The highest BCUT2D eigenvalue weighted by atomic mass is 16.2. The summed E-state index contributed by atoms with van der Waals surface area (Å²) in [7, 11) is 0. The molecule has 0 bridgehead atoms. The first kappa shape index (κ1) is 14.8. The van der Waals surface area contributed by atoms with Gasteiger partial charge in [0.1, 0.15) is 0 Å². The Kier molecular flexibility index (Phi) is 4.57. The fourth-order valence-electron chi connectivity index (χ4n) is 3.19. The van der Waals surface area contributed by atoms with E-state index in [0.717, 1.165) is 24.9 Å². The predicted octanol–water partition coefficient (Wildman–Crippen LogP) is 4.30. The molecule has 114 valence electrons. The Bertz CT molecular complexity index is 618. The third-order valence-corrected chi connectivity index (χ3v) is 4.54. The second kappa shape index (κ2) is 6.78. The first-order valence-electron chi connectivity index (χ1n) is 8.18. The predicted molar refractivity (Wildman–Crippen MR) is 90.6 cm³/mol. The minimum atomic E-state index is 0.264. The zero-order valence-electron chi connectivity index (χ0n) is 13.2. The van der Waals surface area contributed by atoms with Crippen LogP contribution >= 0.6 is 0 Å². The zero-order valence-corrected chi connectivity index (χ0v) is 13.2. The molecule has 1 atom stereocenters. The monoisotopic (exact) mass is 293 g/mol. The van der Waals surface area contributed by atoms with Crippen LogP contribution in [0.3, 0.4) is 0 Å². The minimum absolute atomic E-state index is 0.264. The van der Waals surface area contributed by atoms with Crippen molar-refractivity contribution >= 4 is 5.91 Å². The maximum absolute atomic E-state index is 12.5. The van der Waals surface area contributed by atoms with Crippen LogP contribution in [0.5, 0.6) is 0 Å². The number of nitrogens with zero attached hydrogens (tertiary/aromatic N) is 1. The van der Waals surface area contributed by atoms with Gasteiger partial charge in [-0.1, -0.05) is 54.6 Å². The van der Waals surface area contributed by atoms with Crippen molar-refractivity contribution in [2.75, 3.05) is 6.54 Å². The van der Waals surface area contributed by atoms with E-state index in [9.17, 15) is 4.79 Å². The molecular formula is C20H23NO. The third kappa shape index (κ3) is 3.38. The van der Waals surface area contributed by atoms with Gasteiger partial charge in [-0.15, -0.1) is 0 Å². The molecule has 22 heavy (non-hydrogen) atoms. The van der Waals surface area contributed by atoms with Crippen molar-refractivity contribution in [3.63, 3.8) is 0 Å². The Morgan fingerprint density at radius 2 is 1.68 bits per heavy atom. The molecule has 0 saturated carbocycles. The maximum Gasteiger partial charge on any atom is 0.227 e. The van der Waals surface area contributed by atoms with Crippen molar-refractivity contribution in [2.45, 2.75) is 38.6 Å². The average molecular weight is 293 g/mol. The molecule has 1 aliphatic rings. The molecule has 1 fully saturated rings. The van der Waals surface area contributed by atoms with E-state index in [2.05, 4.69) is 48.2 Å². The van der Waals surface area contributed by atoms with Crippen LogP contribution in [0.1, 0.15) is 31.7 Å². The highest BCUT2D eigenvalue weighted by Gasteiger charge is 2.22. The molecule has 0 N–H and O–H groups in total. The first-order chi connectivity index (χ1) is 10.7. The normalized spacial score (nSPS) is 18.2. The Hall–Kier alpha value is -2.09. The van der Waals surface area contributed by atoms with E-state index in [4.69, 9.17) is 0 Å². The maximum atomic E-state index is 12.5. The Morgan fingerprint density at radius 1 is 1.00 bits per heavy atom. The van der Waals surface area contributed by atoms with Crippen molar-refractivity contribution in [2.24, 2.45) is 0 Å². The van der Waals surface area contributed by atoms with Crippen molar-refractivity contribution in [1.82, 2.24) is 4.90 Å². The number of hydrogen-bond donors (Lipinski definition) is 0. The van der Waals surface area contributed by atoms with Gasteiger partial charge in [0.05, 0.1) is 6.42 Å². The third-order valence-electron chi connectivity index (χ3n) is 4.54. The Balaban J connectivity index is 1.67. The second-order valence-corrected chi connectivity index (χ2v) is 6.17. The standard InChI is InChI=1S/C20H23NO/c1-16-7-5-6-14-21(16)20(22)15-17-10-12-19(13-11-17)18-8-3-2-4-9-18/h2-4,8-13,16H,5-7,14-15H2,1H3/t16-/m0/s1. The summed E-state index contributed by atoms with van der Waals surface area (Å²) in [6, 6.07) is 19.1. The molecule has 0 spiro atoms. The molecule has 2 aromatic carbocycles. The molecule has 2 nitrogen and oxygen atoms in total. The molecule has 1 aliphatic heterocycles. The SMILES string of the molecule is C[C@H]1CCCCN1C(=O)Cc1ccc(-c2ccccc2)cc1. The minimum Gasteiger partial charge on any atom is -0.340 e. The number of carbonyl (C=O) groups is 1. The largest absolute Gasteiger partial charge is 0.340 e. The highest BCUT2D eigenvalue weighted by molar-refractivity contribution is 5.79. The average Bonchev–Trinajstić information content (AvgIpc) is 2.57. The lowest BCUT2D eigenvalue weighted by molar-refractivity contribution is -0.133. The summed E-state index contributed by atoms with van der Waals surface area (Å²) >= 11 is 0. The molecular weight excluding hydrogens is 270 g/mol. The van der Waals surface area contributed by atoms with Crippen molar-refractivity contribution in [1.29, 1.82) is 0 Å². The number of amides is 1. The lowest BCUT2D eigenvalue weighted by atomic mass is 10.0. The fourth-order valence-corrected chi connectivity index (χ4v) is 3.19. The molecule has 0 aromatic heterocycles. The highest BCUT2D eigenvalue weighted by Crippen LogP contribution is 2.21. The number of hydrogen-bond acceptors (Lipinski definition) is 1. The van der Waals surface area contributed by atoms with E-state index in [1.807, 2.05) is 18.2 Å². The van der Waals surface area contributed by atoms with Crippen LogP contribution < -0.4 is 0 Å². The molecule has 0 aliphatic carbocycles. The van der Waals surface area contributed by atoms with Crippen molar-refractivity contribution in [3.8, 4) is 11.1 Å². The molecule has 2 aromatic rings. The molecule has 1 saturated heterocycles. The Morgan fingerprint density at radius 3 is 2.36 bits per heavy atom. The van der Waals surface area contributed by atoms with Crippen LogP contribution in [0.2, 0.25) is 0 Å². The van der Waals surface area contributed by atoms with Gasteiger partial charge in [0, 0.05) is 12.6 Å². The van der Waals surface area contributed by atoms with Gasteiger partial charge < -0.3 is 4.90 Å². The lowest BCUT2D eigenvalue weighted by Gasteiger charge is -2.33. The van der Waals surface area contributed by atoms with Gasteiger partial charge in [-0.3, -0.25) is 4.79 Å². The van der Waals surface area contributed by atoms with Gasteiger partial charge in [-0.2, -0.15) is 0 Å². The quantitative estimate of drug-likeness (QED) is 0.826. The van der Waals surface area contributed by atoms with Crippen LogP contribution in [-0.4, -0.2) is 23.4 Å². The summed E-state index contributed by atoms with van der Waals surface area (Å²) in [5.41, 5.74) is 3.51. The smallest absolute Gasteiger partial charge is 0.227 e. The van der Waals surface area contributed by atoms with E-state index in [0.29, 0.717) is 12.5 Å². The topological polar surface area (TPSA) is 20.3 Å². The van der Waals surface area contributed by atoms with E-state index in [-0.39, 0.29) is 5.91 Å². The van der Waals surface area contributed by atoms with Crippen molar-refractivity contribution < 1.29 is 4.79 Å². The molecule has 1 amide bonds. The van der Waals surface area contributed by atoms with Gasteiger partial charge in [-0.25, -0.2) is 0 Å². The van der Waals surface area contributed by atoms with Crippen LogP contribution in [0.15, 0.2) is 54.6 Å². The van der Waals surface area contributed by atoms with E-state index >= 15 is 0 Å². The summed E-state index contributed by atoms with van der Waals surface area (Å²) in [4.78, 5) is 14.5. The van der Waals surface area contributed by atoms with Crippen LogP contribution in [0.25, 0.3) is 11.1 Å². The van der Waals surface area contributed by atoms with Gasteiger partial charge in [0.2, 0.25) is 5.91 Å². The van der Waals surface area contributed by atoms with Gasteiger partial charge in [-0.05, 0) is 42.9 Å². The lowest BCUT2D eigenvalue weighted by Crippen LogP contribution is -2.42. The van der Waals surface area contributed by atoms with E-state index < -0.39 is 0 Å².